The molecule has 9 heteroatoms. The highest BCUT2D eigenvalue weighted by Crippen LogP contribution is 2.15. The van der Waals surface area contributed by atoms with E-state index in [-0.39, 0.29) is 0 Å². The first-order chi connectivity index (χ1) is 8.81. The molecule has 19 heavy (non-hydrogen) atoms. The average Bonchev–Trinajstić information content (AvgIpc) is 2.59. The van der Waals surface area contributed by atoms with Gasteiger partial charge in [0.2, 0.25) is 0 Å². The highest BCUT2D eigenvalue weighted by atomic mass is 16.4. The van der Waals surface area contributed by atoms with E-state index in [4.69, 9.17) is 10.2 Å². The van der Waals surface area contributed by atoms with Crippen LogP contribution in [0.15, 0.2) is 0 Å². The van der Waals surface area contributed by atoms with Crippen LogP contribution in [0.25, 0.3) is 0 Å². The van der Waals surface area contributed by atoms with Crippen LogP contribution in [-0.2, 0) is 9.59 Å². The number of carbonyl (C=O) groups is 3. The Balaban J connectivity index is 2.68. The number of aromatic nitrogens is 2. The molecular formula is C10H14N4O5. The summed E-state index contributed by atoms with van der Waals surface area (Å²) in [6, 6.07) is -2.30. The van der Waals surface area contributed by atoms with Gasteiger partial charge in [-0.25, -0.2) is 9.59 Å². The maximum atomic E-state index is 11.6. The standard InChI is InChI=1S/C10H14N4O5/c1-4-8(5(2)14-13-4)12-10(19)11-6(9(17)18)3-7(15)16/h6H,3H2,1-2H3,(H,13,14)(H,15,16)(H,17,18)(H2,11,12,19)/t6-/m1/s1. The van der Waals surface area contributed by atoms with Crippen LogP contribution in [0.2, 0.25) is 0 Å². The van der Waals surface area contributed by atoms with Gasteiger partial charge in [0.25, 0.3) is 0 Å². The first kappa shape index (κ1) is 14.5. The zero-order valence-electron chi connectivity index (χ0n) is 10.4. The van der Waals surface area contributed by atoms with Crippen LogP contribution in [0.4, 0.5) is 10.5 Å². The zero-order valence-corrected chi connectivity index (χ0v) is 10.4. The van der Waals surface area contributed by atoms with Crippen molar-refractivity contribution in [2.75, 3.05) is 5.32 Å². The van der Waals surface area contributed by atoms with Crippen molar-refractivity contribution in [2.45, 2.75) is 26.3 Å². The van der Waals surface area contributed by atoms with E-state index in [2.05, 4.69) is 20.8 Å². The van der Waals surface area contributed by atoms with Gasteiger partial charge in [0.1, 0.15) is 6.04 Å². The number of urea groups is 1. The molecule has 1 rings (SSSR count). The summed E-state index contributed by atoms with van der Waals surface area (Å²) in [6.07, 6.45) is -0.702. The monoisotopic (exact) mass is 270 g/mol. The number of aromatic amines is 1. The second-order valence-corrected chi connectivity index (χ2v) is 3.90. The predicted molar refractivity (Wildman–Crippen MR) is 63.9 cm³/mol. The van der Waals surface area contributed by atoms with Crippen LogP contribution >= 0.6 is 0 Å². The molecule has 0 saturated carbocycles. The second-order valence-electron chi connectivity index (χ2n) is 3.90. The van der Waals surface area contributed by atoms with Crippen molar-refractivity contribution >= 4 is 23.7 Å². The summed E-state index contributed by atoms with van der Waals surface area (Å²) >= 11 is 0. The van der Waals surface area contributed by atoms with E-state index in [1.807, 2.05) is 0 Å². The Morgan fingerprint density at radius 3 is 2.37 bits per heavy atom. The molecule has 0 aliphatic heterocycles. The lowest BCUT2D eigenvalue weighted by molar-refractivity contribution is -0.145. The van der Waals surface area contributed by atoms with Crippen molar-refractivity contribution in [1.29, 1.82) is 0 Å². The topological polar surface area (TPSA) is 144 Å². The fourth-order valence-corrected chi connectivity index (χ4v) is 1.42. The number of aryl methyl sites for hydroxylation is 2. The third-order valence-corrected chi connectivity index (χ3v) is 2.35. The SMILES string of the molecule is Cc1n[nH]c(C)c1NC(=O)N[C@H](CC(=O)O)C(=O)O. The maximum absolute atomic E-state index is 11.6. The summed E-state index contributed by atoms with van der Waals surface area (Å²) in [5.41, 5.74) is 1.58. The third kappa shape index (κ3) is 3.98. The van der Waals surface area contributed by atoms with Gasteiger partial charge in [0.05, 0.1) is 23.5 Å². The molecule has 0 unspecified atom stereocenters. The fraction of sp³-hybridized carbons (Fsp3) is 0.400. The lowest BCUT2D eigenvalue weighted by atomic mass is 10.2. The molecule has 1 aromatic rings. The summed E-state index contributed by atoms with van der Waals surface area (Å²) in [4.78, 5) is 32.8. The molecule has 1 atom stereocenters. The van der Waals surface area contributed by atoms with Gasteiger partial charge in [0.15, 0.2) is 0 Å². The minimum Gasteiger partial charge on any atom is -0.481 e. The molecule has 0 saturated heterocycles. The van der Waals surface area contributed by atoms with Crippen molar-refractivity contribution in [1.82, 2.24) is 15.5 Å². The number of aliphatic carboxylic acids is 2. The van der Waals surface area contributed by atoms with Gasteiger partial charge in [-0.3, -0.25) is 9.89 Å². The third-order valence-electron chi connectivity index (χ3n) is 2.35. The van der Waals surface area contributed by atoms with Crippen molar-refractivity contribution in [2.24, 2.45) is 0 Å². The molecule has 1 aromatic heterocycles. The number of H-pyrrole nitrogens is 1. The Morgan fingerprint density at radius 1 is 1.32 bits per heavy atom. The number of hydrogen-bond donors (Lipinski definition) is 5. The van der Waals surface area contributed by atoms with Crippen LogP contribution < -0.4 is 10.6 Å². The lowest BCUT2D eigenvalue weighted by Gasteiger charge is -2.13. The molecule has 0 fully saturated rings. The quantitative estimate of drug-likeness (QED) is 0.512. The van der Waals surface area contributed by atoms with E-state index in [1.165, 1.54) is 0 Å². The molecule has 9 nitrogen and oxygen atoms in total. The van der Waals surface area contributed by atoms with Gasteiger partial charge in [-0.15, -0.1) is 0 Å². The normalized spacial score (nSPS) is 11.7. The summed E-state index contributed by atoms with van der Waals surface area (Å²) in [5.74, 6) is -2.73. The number of hydrogen-bond acceptors (Lipinski definition) is 4. The largest absolute Gasteiger partial charge is 0.481 e. The minimum absolute atomic E-state index is 0.428. The van der Waals surface area contributed by atoms with Crippen LogP contribution in [-0.4, -0.2) is 44.4 Å². The molecule has 0 aromatic carbocycles. The molecule has 104 valence electrons. The number of rotatable bonds is 5. The van der Waals surface area contributed by atoms with Crippen molar-refractivity contribution < 1.29 is 24.6 Å². The van der Waals surface area contributed by atoms with E-state index in [0.29, 0.717) is 17.1 Å². The molecule has 0 spiro atoms. The number of nitrogens with zero attached hydrogens (tertiary/aromatic N) is 1. The Hall–Kier alpha value is -2.58. The van der Waals surface area contributed by atoms with E-state index in [9.17, 15) is 14.4 Å². The van der Waals surface area contributed by atoms with Crippen molar-refractivity contribution in [3.05, 3.63) is 11.4 Å². The first-order valence-corrected chi connectivity index (χ1v) is 5.35. The number of carboxylic acids is 2. The summed E-state index contributed by atoms with van der Waals surface area (Å²) in [7, 11) is 0. The molecule has 2 amide bonds. The molecule has 0 bridgehead atoms. The Bertz CT molecular complexity index is 491. The molecule has 0 radical (unpaired) electrons. The Morgan fingerprint density at radius 2 is 1.95 bits per heavy atom. The van der Waals surface area contributed by atoms with E-state index >= 15 is 0 Å². The van der Waals surface area contributed by atoms with Crippen LogP contribution in [0.3, 0.4) is 0 Å². The molecule has 0 aliphatic rings. The Labute approximate surface area is 108 Å². The number of nitrogens with one attached hydrogen (secondary N) is 3. The predicted octanol–water partition coefficient (Wildman–Crippen LogP) is 0.0759. The summed E-state index contributed by atoms with van der Waals surface area (Å²) in [5, 5.41) is 28.3. The highest BCUT2D eigenvalue weighted by molar-refractivity contribution is 5.94. The Kier molecular flexibility index (Phi) is 4.46. The van der Waals surface area contributed by atoms with Crippen LogP contribution in [0, 0.1) is 13.8 Å². The van der Waals surface area contributed by atoms with Gasteiger partial charge < -0.3 is 20.8 Å². The van der Waals surface area contributed by atoms with Gasteiger partial charge >= 0.3 is 18.0 Å². The fourth-order valence-electron chi connectivity index (χ4n) is 1.42. The lowest BCUT2D eigenvalue weighted by Crippen LogP contribution is -2.44. The maximum Gasteiger partial charge on any atom is 0.326 e. The van der Waals surface area contributed by atoms with Gasteiger partial charge in [-0.05, 0) is 13.8 Å². The highest BCUT2D eigenvalue weighted by Gasteiger charge is 2.23. The van der Waals surface area contributed by atoms with E-state index in [0.717, 1.165) is 0 Å². The number of anilines is 1. The summed E-state index contributed by atoms with van der Waals surface area (Å²) < 4.78 is 0. The smallest absolute Gasteiger partial charge is 0.326 e. The number of carboxylic acid groups (broad SMARTS) is 2. The number of carbonyl (C=O) groups excluding carboxylic acids is 1. The zero-order chi connectivity index (χ0) is 14.6. The van der Waals surface area contributed by atoms with Crippen molar-refractivity contribution in [3.8, 4) is 0 Å². The average molecular weight is 270 g/mol. The van der Waals surface area contributed by atoms with Crippen LogP contribution in [0.1, 0.15) is 17.8 Å². The molecule has 1 heterocycles. The first-order valence-electron chi connectivity index (χ1n) is 5.35. The van der Waals surface area contributed by atoms with Crippen molar-refractivity contribution in [3.63, 3.8) is 0 Å². The van der Waals surface area contributed by atoms with Gasteiger partial charge in [-0.2, -0.15) is 5.10 Å². The second kappa shape index (κ2) is 5.85. The molecule has 0 aliphatic carbocycles. The number of amides is 2. The molecule has 5 N–H and O–H groups in total. The molecular weight excluding hydrogens is 256 g/mol. The van der Waals surface area contributed by atoms with E-state index in [1.54, 1.807) is 13.8 Å². The summed E-state index contributed by atoms with van der Waals surface area (Å²) in [6.45, 7) is 3.34. The van der Waals surface area contributed by atoms with Gasteiger partial charge in [0, 0.05) is 0 Å². The van der Waals surface area contributed by atoms with E-state index < -0.39 is 30.4 Å². The minimum atomic E-state index is -1.50. The van der Waals surface area contributed by atoms with Crippen LogP contribution in [0.5, 0.6) is 0 Å². The van der Waals surface area contributed by atoms with Gasteiger partial charge in [-0.1, -0.05) is 0 Å².